The summed E-state index contributed by atoms with van der Waals surface area (Å²) >= 11 is 0. The first-order valence-electron chi connectivity index (χ1n) is 11.2. The molecule has 4 rings (SSSR count). The lowest BCUT2D eigenvalue weighted by Gasteiger charge is -2.42. The van der Waals surface area contributed by atoms with E-state index < -0.39 is 0 Å². The Balaban J connectivity index is 1.35. The molecule has 0 spiro atoms. The van der Waals surface area contributed by atoms with Gasteiger partial charge >= 0.3 is 0 Å². The van der Waals surface area contributed by atoms with E-state index in [4.69, 9.17) is 9.47 Å². The van der Waals surface area contributed by atoms with Crippen LogP contribution in [0.1, 0.15) is 28.8 Å². The zero-order valence-electron chi connectivity index (χ0n) is 18.6. The van der Waals surface area contributed by atoms with E-state index in [2.05, 4.69) is 16.8 Å². The summed E-state index contributed by atoms with van der Waals surface area (Å²) in [5.74, 6) is 1.30. The molecule has 1 unspecified atom stereocenters. The van der Waals surface area contributed by atoms with Crippen LogP contribution in [-0.4, -0.2) is 80.1 Å². The molecule has 6 heteroatoms. The molecule has 0 aromatic heterocycles. The van der Waals surface area contributed by atoms with Crippen LogP contribution in [0.4, 0.5) is 0 Å². The van der Waals surface area contributed by atoms with E-state index in [0.717, 1.165) is 38.3 Å². The van der Waals surface area contributed by atoms with Crippen LogP contribution in [0.15, 0.2) is 48.5 Å². The molecule has 166 valence electrons. The highest BCUT2D eigenvalue weighted by Crippen LogP contribution is 2.29. The molecule has 0 radical (unpaired) electrons. The normalized spacial score (nSPS) is 20.5. The maximum atomic E-state index is 13.1. The van der Waals surface area contributed by atoms with E-state index in [9.17, 15) is 4.79 Å². The summed E-state index contributed by atoms with van der Waals surface area (Å²) in [4.78, 5) is 20.0. The van der Waals surface area contributed by atoms with Crippen molar-refractivity contribution in [3.05, 3.63) is 59.7 Å². The highest BCUT2D eigenvalue weighted by Gasteiger charge is 2.29. The topological polar surface area (TPSA) is 45.2 Å². The standard InChI is InChI=1S/C25H33N3O3/c1-26-12-6-9-22(18-26)27-13-15-28(16-14-27)25(29)21-10-11-23(24(17-21)30-2)31-19-20-7-4-3-5-8-20/h3-5,7-8,10-11,17,22H,6,9,12-16,18-19H2,1-2H3. The summed E-state index contributed by atoms with van der Waals surface area (Å²) in [6, 6.07) is 16.1. The fraction of sp³-hybridized carbons (Fsp3) is 0.480. The van der Waals surface area contributed by atoms with Crippen molar-refractivity contribution in [3.8, 4) is 11.5 Å². The Morgan fingerprint density at radius 1 is 1.00 bits per heavy atom. The molecule has 31 heavy (non-hydrogen) atoms. The third-order valence-corrected chi connectivity index (χ3v) is 6.37. The number of benzene rings is 2. The van der Waals surface area contributed by atoms with Gasteiger partial charge in [-0.3, -0.25) is 9.69 Å². The monoisotopic (exact) mass is 423 g/mol. The van der Waals surface area contributed by atoms with E-state index >= 15 is 0 Å². The second kappa shape index (κ2) is 10.2. The van der Waals surface area contributed by atoms with Crippen molar-refractivity contribution in [1.82, 2.24) is 14.7 Å². The number of methoxy groups -OCH3 is 1. The molecule has 0 N–H and O–H groups in total. The average Bonchev–Trinajstić information content (AvgIpc) is 2.83. The van der Waals surface area contributed by atoms with Crippen LogP contribution in [0, 0.1) is 0 Å². The van der Waals surface area contributed by atoms with Gasteiger partial charge in [0, 0.05) is 44.3 Å². The Labute approximate surface area is 185 Å². The van der Waals surface area contributed by atoms with E-state index in [1.54, 1.807) is 13.2 Å². The van der Waals surface area contributed by atoms with Gasteiger partial charge in [-0.25, -0.2) is 0 Å². The lowest BCUT2D eigenvalue weighted by Crippen LogP contribution is -2.55. The smallest absolute Gasteiger partial charge is 0.254 e. The Hall–Kier alpha value is -2.57. The number of carbonyl (C=O) groups excluding carboxylic acids is 1. The van der Waals surface area contributed by atoms with Gasteiger partial charge in [-0.15, -0.1) is 0 Å². The van der Waals surface area contributed by atoms with Crippen LogP contribution >= 0.6 is 0 Å². The number of amides is 1. The van der Waals surface area contributed by atoms with Crippen molar-refractivity contribution >= 4 is 5.91 Å². The van der Waals surface area contributed by atoms with Gasteiger partial charge in [0.2, 0.25) is 0 Å². The summed E-state index contributed by atoms with van der Waals surface area (Å²) in [5, 5.41) is 0. The molecule has 2 aliphatic heterocycles. The van der Waals surface area contributed by atoms with Crippen LogP contribution in [0.2, 0.25) is 0 Å². The molecular weight excluding hydrogens is 390 g/mol. The third-order valence-electron chi connectivity index (χ3n) is 6.37. The minimum Gasteiger partial charge on any atom is -0.493 e. The minimum atomic E-state index is 0.0633. The van der Waals surface area contributed by atoms with Crippen LogP contribution < -0.4 is 9.47 Å². The van der Waals surface area contributed by atoms with Crippen LogP contribution in [0.25, 0.3) is 0 Å². The molecule has 2 aliphatic rings. The first-order valence-corrected chi connectivity index (χ1v) is 11.2. The number of nitrogens with zero attached hydrogens (tertiary/aromatic N) is 3. The molecule has 2 aromatic rings. The highest BCUT2D eigenvalue weighted by atomic mass is 16.5. The highest BCUT2D eigenvalue weighted by molar-refractivity contribution is 5.95. The molecule has 0 saturated carbocycles. The molecule has 1 amide bonds. The molecule has 6 nitrogen and oxygen atoms in total. The Bertz CT molecular complexity index is 866. The number of rotatable bonds is 6. The predicted octanol–water partition coefficient (Wildman–Crippen LogP) is 3.13. The number of ether oxygens (including phenoxy) is 2. The summed E-state index contributed by atoms with van der Waals surface area (Å²) < 4.78 is 11.4. The lowest BCUT2D eigenvalue weighted by molar-refractivity contribution is 0.0452. The first-order chi connectivity index (χ1) is 15.1. The van der Waals surface area contributed by atoms with Crippen molar-refractivity contribution in [2.45, 2.75) is 25.5 Å². The SMILES string of the molecule is COc1cc(C(=O)N2CCN(C3CCCN(C)C3)CC2)ccc1OCc1ccccc1. The van der Waals surface area contributed by atoms with Gasteiger partial charge in [0.05, 0.1) is 7.11 Å². The summed E-state index contributed by atoms with van der Waals surface area (Å²) in [6.07, 6.45) is 2.53. The van der Waals surface area contributed by atoms with Gasteiger partial charge in [0.1, 0.15) is 6.61 Å². The maximum absolute atomic E-state index is 13.1. The van der Waals surface area contributed by atoms with Crippen LogP contribution in [-0.2, 0) is 6.61 Å². The Morgan fingerprint density at radius 3 is 2.48 bits per heavy atom. The number of likely N-dealkylation sites (N-methyl/N-ethyl adjacent to an activating group) is 1. The summed E-state index contributed by atoms with van der Waals surface area (Å²) in [6.45, 7) is 6.22. The predicted molar refractivity (Wildman–Crippen MR) is 122 cm³/mol. The van der Waals surface area contributed by atoms with Gasteiger partial charge in [0.15, 0.2) is 11.5 Å². The van der Waals surface area contributed by atoms with Crippen molar-refractivity contribution in [2.24, 2.45) is 0 Å². The molecule has 2 saturated heterocycles. The number of hydrogen-bond acceptors (Lipinski definition) is 5. The molecule has 2 fully saturated rings. The number of carbonyl (C=O) groups is 1. The van der Waals surface area contributed by atoms with Gasteiger partial charge in [-0.2, -0.15) is 0 Å². The molecular formula is C25H33N3O3. The van der Waals surface area contributed by atoms with Crippen LogP contribution in [0.3, 0.4) is 0 Å². The fourth-order valence-corrected chi connectivity index (χ4v) is 4.57. The molecule has 1 atom stereocenters. The van der Waals surface area contributed by atoms with Crippen molar-refractivity contribution < 1.29 is 14.3 Å². The van der Waals surface area contributed by atoms with Crippen molar-refractivity contribution in [2.75, 3.05) is 53.4 Å². The number of piperazine rings is 1. The van der Waals surface area contributed by atoms with Gasteiger partial charge in [0.25, 0.3) is 5.91 Å². The fourth-order valence-electron chi connectivity index (χ4n) is 4.57. The molecule has 2 heterocycles. The zero-order valence-corrected chi connectivity index (χ0v) is 18.6. The van der Waals surface area contributed by atoms with Gasteiger partial charge < -0.3 is 19.3 Å². The van der Waals surface area contributed by atoms with Crippen LogP contribution in [0.5, 0.6) is 11.5 Å². The van der Waals surface area contributed by atoms with Crippen molar-refractivity contribution in [1.29, 1.82) is 0 Å². The summed E-state index contributed by atoms with van der Waals surface area (Å²) in [7, 11) is 3.81. The van der Waals surface area contributed by atoms with Gasteiger partial charge in [-0.1, -0.05) is 30.3 Å². The second-order valence-electron chi connectivity index (χ2n) is 8.53. The molecule has 0 bridgehead atoms. The van der Waals surface area contributed by atoms with E-state index in [1.807, 2.05) is 47.4 Å². The quantitative estimate of drug-likeness (QED) is 0.714. The van der Waals surface area contributed by atoms with E-state index in [-0.39, 0.29) is 5.91 Å². The Morgan fingerprint density at radius 2 is 1.77 bits per heavy atom. The largest absolute Gasteiger partial charge is 0.493 e. The zero-order chi connectivity index (χ0) is 21.6. The molecule has 2 aromatic carbocycles. The van der Waals surface area contributed by atoms with E-state index in [1.165, 1.54) is 19.4 Å². The second-order valence-corrected chi connectivity index (χ2v) is 8.53. The third kappa shape index (κ3) is 5.38. The summed E-state index contributed by atoms with van der Waals surface area (Å²) in [5.41, 5.74) is 1.74. The van der Waals surface area contributed by atoms with Gasteiger partial charge in [-0.05, 0) is 50.2 Å². The number of likely N-dealkylation sites (tertiary alicyclic amines) is 1. The first kappa shape index (κ1) is 21.7. The van der Waals surface area contributed by atoms with E-state index in [0.29, 0.717) is 29.7 Å². The number of piperidine rings is 1. The van der Waals surface area contributed by atoms with Crippen molar-refractivity contribution in [3.63, 3.8) is 0 Å². The minimum absolute atomic E-state index is 0.0633. The lowest BCUT2D eigenvalue weighted by atomic mass is 10.0. The molecule has 0 aliphatic carbocycles. The maximum Gasteiger partial charge on any atom is 0.254 e. The average molecular weight is 424 g/mol. The Kier molecular flexibility index (Phi) is 7.10. The number of hydrogen-bond donors (Lipinski definition) is 0.